The zero-order valence-electron chi connectivity index (χ0n) is 8.19. The molecule has 2 rings (SSSR count). The van der Waals surface area contributed by atoms with Gasteiger partial charge in [0.25, 0.3) is 0 Å². The summed E-state index contributed by atoms with van der Waals surface area (Å²) in [6.07, 6.45) is 5.30. The smallest absolute Gasteiger partial charge is 0.167 e. The maximum absolute atomic E-state index is 11.7. The van der Waals surface area contributed by atoms with Gasteiger partial charge >= 0.3 is 0 Å². The van der Waals surface area contributed by atoms with E-state index in [2.05, 4.69) is 4.98 Å². The minimum Gasteiger partial charge on any atom is -0.492 e. The molecule has 14 heavy (non-hydrogen) atoms. The zero-order valence-corrected chi connectivity index (χ0v) is 8.19. The maximum atomic E-state index is 11.7. The molecule has 0 aliphatic heterocycles. The largest absolute Gasteiger partial charge is 0.492 e. The Bertz CT molecular complexity index is 345. The lowest BCUT2D eigenvalue weighted by Crippen LogP contribution is -2.02. The molecule has 0 atom stereocenters. The number of hydrogen-bond acceptors (Lipinski definition) is 3. The molecule has 1 aromatic rings. The van der Waals surface area contributed by atoms with E-state index in [0.29, 0.717) is 17.9 Å². The van der Waals surface area contributed by atoms with Crippen LogP contribution in [0.15, 0.2) is 18.5 Å². The molecule has 1 aliphatic rings. The molecule has 0 amide bonds. The van der Waals surface area contributed by atoms with E-state index < -0.39 is 0 Å². The van der Waals surface area contributed by atoms with Gasteiger partial charge in [0.1, 0.15) is 5.75 Å². The first-order valence-electron chi connectivity index (χ1n) is 4.93. The van der Waals surface area contributed by atoms with Gasteiger partial charge in [0.2, 0.25) is 0 Å². The number of rotatable bonds is 4. The van der Waals surface area contributed by atoms with E-state index in [1.807, 2.05) is 6.92 Å². The first kappa shape index (κ1) is 9.19. The quantitative estimate of drug-likeness (QED) is 0.684. The van der Waals surface area contributed by atoms with Crippen LogP contribution in [0.25, 0.3) is 0 Å². The van der Waals surface area contributed by atoms with Crippen LogP contribution in [0.1, 0.15) is 30.1 Å². The van der Waals surface area contributed by atoms with Crippen LogP contribution >= 0.6 is 0 Å². The van der Waals surface area contributed by atoms with E-state index in [-0.39, 0.29) is 11.7 Å². The molecule has 1 aromatic heterocycles. The van der Waals surface area contributed by atoms with E-state index in [1.54, 1.807) is 18.5 Å². The second-order valence-corrected chi connectivity index (χ2v) is 3.48. The van der Waals surface area contributed by atoms with Crippen molar-refractivity contribution < 1.29 is 9.53 Å². The van der Waals surface area contributed by atoms with Gasteiger partial charge in [-0.2, -0.15) is 0 Å². The number of nitrogens with zero attached hydrogens (tertiary/aromatic N) is 1. The predicted molar refractivity (Wildman–Crippen MR) is 52.5 cm³/mol. The van der Waals surface area contributed by atoms with Crippen molar-refractivity contribution in [3.05, 3.63) is 24.0 Å². The third-order valence-electron chi connectivity index (χ3n) is 2.26. The number of carbonyl (C=O) groups is 1. The third-order valence-corrected chi connectivity index (χ3v) is 2.26. The SMILES string of the molecule is CCOc1cncc(C(=O)C2CC2)c1. The highest BCUT2D eigenvalue weighted by atomic mass is 16.5. The molecule has 1 saturated carbocycles. The summed E-state index contributed by atoms with van der Waals surface area (Å²) in [6, 6.07) is 1.77. The van der Waals surface area contributed by atoms with Crippen LogP contribution < -0.4 is 4.74 Å². The summed E-state index contributed by atoms with van der Waals surface area (Å²) < 4.78 is 5.28. The van der Waals surface area contributed by atoms with Crippen LogP contribution in [0, 0.1) is 5.92 Å². The second-order valence-electron chi connectivity index (χ2n) is 3.48. The Labute approximate surface area is 83.1 Å². The number of carbonyl (C=O) groups excluding carboxylic acids is 1. The Kier molecular flexibility index (Phi) is 2.48. The van der Waals surface area contributed by atoms with Gasteiger partial charge in [0.05, 0.1) is 12.8 Å². The molecule has 0 spiro atoms. The summed E-state index contributed by atoms with van der Waals surface area (Å²) >= 11 is 0. The lowest BCUT2D eigenvalue weighted by molar-refractivity contribution is 0.0967. The molecular formula is C11H13NO2. The summed E-state index contributed by atoms with van der Waals surface area (Å²) in [6.45, 7) is 2.51. The lowest BCUT2D eigenvalue weighted by Gasteiger charge is -2.03. The molecule has 0 aromatic carbocycles. The summed E-state index contributed by atoms with van der Waals surface area (Å²) in [5, 5.41) is 0. The van der Waals surface area contributed by atoms with Crippen LogP contribution in [0.5, 0.6) is 5.75 Å². The fourth-order valence-corrected chi connectivity index (χ4v) is 1.38. The monoisotopic (exact) mass is 191 g/mol. The van der Waals surface area contributed by atoms with Crippen molar-refractivity contribution >= 4 is 5.78 Å². The minimum absolute atomic E-state index is 0.207. The Morgan fingerprint density at radius 2 is 2.36 bits per heavy atom. The molecule has 0 radical (unpaired) electrons. The van der Waals surface area contributed by atoms with Crippen molar-refractivity contribution in [3.63, 3.8) is 0 Å². The third kappa shape index (κ3) is 1.92. The summed E-state index contributed by atoms with van der Waals surface area (Å²) in [7, 11) is 0. The maximum Gasteiger partial charge on any atom is 0.167 e. The molecule has 74 valence electrons. The Morgan fingerprint density at radius 1 is 1.57 bits per heavy atom. The average molecular weight is 191 g/mol. The van der Waals surface area contributed by atoms with Crippen molar-refractivity contribution in [2.75, 3.05) is 6.61 Å². The fourth-order valence-electron chi connectivity index (χ4n) is 1.38. The molecule has 1 aliphatic carbocycles. The molecule has 1 heterocycles. The van der Waals surface area contributed by atoms with E-state index in [1.165, 1.54) is 0 Å². The highest BCUT2D eigenvalue weighted by Gasteiger charge is 2.30. The lowest BCUT2D eigenvalue weighted by atomic mass is 10.1. The van der Waals surface area contributed by atoms with Crippen molar-refractivity contribution in [2.45, 2.75) is 19.8 Å². The van der Waals surface area contributed by atoms with Gasteiger partial charge in [0, 0.05) is 17.7 Å². The molecule has 0 saturated heterocycles. The zero-order chi connectivity index (χ0) is 9.97. The van der Waals surface area contributed by atoms with E-state index in [4.69, 9.17) is 4.74 Å². The average Bonchev–Trinajstić information content (AvgIpc) is 3.01. The van der Waals surface area contributed by atoms with E-state index in [9.17, 15) is 4.79 Å². The number of aromatic nitrogens is 1. The van der Waals surface area contributed by atoms with Gasteiger partial charge in [-0.15, -0.1) is 0 Å². The molecule has 0 unspecified atom stereocenters. The molecule has 3 nitrogen and oxygen atoms in total. The molecule has 3 heteroatoms. The minimum atomic E-state index is 0.207. The van der Waals surface area contributed by atoms with Gasteiger partial charge in [-0.05, 0) is 25.8 Å². The van der Waals surface area contributed by atoms with Crippen LogP contribution in [-0.2, 0) is 0 Å². The van der Waals surface area contributed by atoms with Crippen LogP contribution in [-0.4, -0.2) is 17.4 Å². The molecule has 0 bridgehead atoms. The van der Waals surface area contributed by atoms with Crippen LogP contribution in [0.4, 0.5) is 0 Å². The second kappa shape index (κ2) is 3.78. The van der Waals surface area contributed by atoms with Crippen LogP contribution in [0.3, 0.4) is 0 Å². The van der Waals surface area contributed by atoms with Crippen molar-refractivity contribution in [3.8, 4) is 5.75 Å². The Balaban J connectivity index is 2.16. The summed E-state index contributed by atoms with van der Waals surface area (Å²) in [4.78, 5) is 15.7. The summed E-state index contributed by atoms with van der Waals surface area (Å²) in [5.41, 5.74) is 0.679. The topological polar surface area (TPSA) is 39.2 Å². The number of ether oxygens (including phenoxy) is 1. The van der Waals surface area contributed by atoms with Gasteiger partial charge in [0.15, 0.2) is 5.78 Å². The van der Waals surface area contributed by atoms with E-state index in [0.717, 1.165) is 12.8 Å². The Morgan fingerprint density at radius 3 is 3.00 bits per heavy atom. The first-order valence-corrected chi connectivity index (χ1v) is 4.93. The van der Waals surface area contributed by atoms with Gasteiger partial charge in [-0.25, -0.2) is 0 Å². The highest BCUT2D eigenvalue weighted by Crippen LogP contribution is 2.32. The highest BCUT2D eigenvalue weighted by molar-refractivity contribution is 5.99. The number of ketones is 1. The predicted octanol–water partition coefficient (Wildman–Crippen LogP) is 2.07. The van der Waals surface area contributed by atoms with Gasteiger partial charge < -0.3 is 4.74 Å². The van der Waals surface area contributed by atoms with Gasteiger partial charge in [-0.1, -0.05) is 0 Å². The fraction of sp³-hybridized carbons (Fsp3) is 0.455. The van der Waals surface area contributed by atoms with Crippen LogP contribution in [0.2, 0.25) is 0 Å². The normalized spacial score (nSPS) is 15.2. The standard InChI is InChI=1S/C11H13NO2/c1-2-14-10-5-9(6-12-7-10)11(13)8-3-4-8/h5-8H,2-4H2,1H3. The number of Topliss-reactive ketones (excluding diaryl/α,β-unsaturated/α-hetero) is 1. The molecular weight excluding hydrogens is 178 g/mol. The van der Waals surface area contributed by atoms with Crippen molar-refractivity contribution in [1.82, 2.24) is 4.98 Å². The first-order chi connectivity index (χ1) is 6.81. The molecule has 0 N–H and O–H groups in total. The number of hydrogen-bond donors (Lipinski definition) is 0. The summed E-state index contributed by atoms with van der Waals surface area (Å²) in [5.74, 6) is 1.13. The van der Waals surface area contributed by atoms with Gasteiger partial charge in [-0.3, -0.25) is 9.78 Å². The Hall–Kier alpha value is -1.38. The van der Waals surface area contributed by atoms with Crippen molar-refractivity contribution in [2.24, 2.45) is 5.92 Å². The number of pyridine rings is 1. The van der Waals surface area contributed by atoms with E-state index >= 15 is 0 Å². The van der Waals surface area contributed by atoms with Crippen molar-refractivity contribution in [1.29, 1.82) is 0 Å². The molecule has 1 fully saturated rings.